The second-order valence-corrected chi connectivity index (χ2v) is 4.85. The first-order chi connectivity index (χ1) is 10.0. The molecule has 1 amide bonds. The Morgan fingerprint density at radius 2 is 2.10 bits per heavy atom. The maximum atomic E-state index is 12.0. The molecule has 1 aromatic rings. The fraction of sp³-hybridized carbons (Fsp3) is 0.643. The average molecular weight is 295 g/mol. The second-order valence-electron chi connectivity index (χ2n) is 4.85. The van der Waals surface area contributed by atoms with Gasteiger partial charge >= 0.3 is 0 Å². The molecule has 2 N–H and O–H groups in total. The van der Waals surface area contributed by atoms with Crippen molar-refractivity contribution in [1.82, 2.24) is 15.3 Å². The van der Waals surface area contributed by atoms with E-state index in [1.807, 2.05) is 32.6 Å². The second kappa shape index (κ2) is 8.28. The van der Waals surface area contributed by atoms with Crippen molar-refractivity contribution in [3.05, 3.63) is 6.33 Å². The van der Waals surface area contributed by atoms with E-state index in [4.69, 9.17) is 4.74 Å². The van der Waals surface area contributed by atoms with Crippen LogP contribution in [0.1, 0.15) is 27.7 Å². The molecule has 1 aromatic heterocycles. The number of rotatable bonds is 8. The third-order valence-corrected chi connectivity index (χ3v) is 2.80. The molecule has 0 atom stereocenters. The van der Waals surface area contributed by atoms with E-state index in [0.29, 0.717) is 23.9 Å². The Kier molecular flexibility index (Phi) is 6.71. The largest absolute Gasteiger partial charge is 0.490 e. The van der Waals surface area contributed by atoms with Gasteiger partial charge in [-0.3, -0.25) is 4.79 Å². The smallest absolute Gasteiger partial charge is 0.239 e. The van der Waals surface area contributed by atoms with Gasteiger partial charge in [0.05, 0.1) is 13.7 Å². The quantitative estimate of drug-likeness (QED) is 0.752. The molecule has 0 spiro atoms. The van der Waals surface area contributed by atoms with Crippen molar-refractivity contribution in [2.75, 3.05) is 37.0 Å². The minimum Gasteiger partial charge on any atom is -0.490 e. The predicted molar refractivity (Wildman–Crippen MR) is 83.9 cm³/mol. The van der Waals surface area contributed by atoms with Crippen molar-refractivity contribution in [3.8, 4) is 5.75 Å². The van der Waals surface area contributed by atoms with Crippen molar-refractivity contribution in [2.45, 2.75) is 33.7 Å². The maximum absolute atomic E-state index is 12.0. The number of nitrogens with one attached hydrogen (secondary N) is 2. The molecule has 7 heteroatoms. The number of methoxy groups -OCH3 is 1. The van der Waals surface area contributed by atoms with Gasteiger partial charge in [0.15, 0.2) is 11.6 Å². The third-order valence-electron chi connectivity index (χ3n) is 2.80. The predicted octanol–water partition coefficient (Wildman–Crippen LogP) is 1.27. The lowest BCUT2D eigenvalue weighted by Crippen LogP contribution is -2.40. The Morgan fingerprint density at radius 1 is 1.38 bits per heavy atom. The minimum atomic E-state index is -0.0440. The molecular formula is C14H25N5O2. The van der Waals surface area contributed by atoms with Gasteiger partial charge in [-0.05, 0) is 27.7 Å². The van der Waals surface area contributed by atoms with Crippen molar-refractivity contribution >= 4 is 17.5 Å². The summed E-state index contributed by atoms with van der Waals surface area (Å²) in [6.45, 7) is 9.42. The monoisotopic (exact) mass is 295 g/mol. The maximum Gasteiger partial charge on any atom is 0.239 e. The summed E-state index contributed by atoms with van der Waals surface area (Å²) >= 11 is 0. The lowest BCUT2D eigenvalue weighted by molar-refractivity contribution is -0.120. The van der Waals surface area contributed by atoms with Gasteiger partial charge in [0.25, 0.3) is 0 Å². The van der Waals surface area contributed by atoms with Gasteiger partial charge < -0.3 is 20.3 Å². The van der Waals surface area contributed by atoms with Crippen LogP contribution in [-0.2, 0) is 4.79 Å². The molecule has 0 bridgehead atoms. The Labute approximate surface area is 126 Å². The van der Waals surface area contributed by atoms with Gasteiger partial charge in [-0.15, -0.1) is 0 Å². The summed E-state index contributed by atoms with van der Waals surface area (Å²) in [7, 11) is 1.57. The molecule has 1 rings (SSSR count). The third kappa shape index (κ3) is 4.77. The molecule has 0 fully saturated rings. The summed E-state index contributed by atoms with van der Waals surface area (Å²) in [5.41, 5.74) is 0. The van der Waals surface area contributed by atoms with E-state index in [0.717, 1.165) is 6.54 Å². The summed E-state index contributed by atoms with van der Waals surface area (Å²) in [6, 6.07) is 0.112. The van der Waals surface area contributed by atoms with E-state index in [2.05, 4.69) is 20.6 Å². The summed E-state index contributed by atoms with van der Waals surface area (Å²) in [4.78, 5) is 22.2. The van der Waals surface area contributed by atoms with E-state index in [1.165, 1.54) is 6.33 Å². The average Bonchev–Trinajstić information content (AvgIpc) is 2.44. The molecule has 0 aliphatic rings. The fourth-order valence-corrected chi connectivity index (χ4v) is 1.95. The number of carbonyl (C=O) groups excluding carboxylic acids is 1. The van der Waals surface area contributed by atoms with Gasteiger partial charge in [0.1, 0.15) is 6.33 Å². The molecule has 0 saturated carbocycles. The number of hydrogen-bond donors (Lipinski definition) is 2. The SMILES string of the molecule is CCNc1ncnc(N(CC)CC(=O)NC(C)C)c1OC. The van der Waals surface area contributed by atoms with Gasteiger partial charge in [0, 0.05) is 19.1 Å². The lowest BCUT2D eigenvalue weighted by atomic mass is 10.3. The highest BCUT2D eigenvalue weighted by Gasteiger charge is 2.19. The minimum absolute atomic E-state index is 0.0440. The van der Waals surface area contributed by atoms with Crippen LogP contribution in [0, 0.1) is 0 Å². The molecule has 0 aromatic carbocycles. The van der Waals surface area contributed by atoms with Gasteiger partial charge in [-0.2, -0.15) is 0 Å². The molecule has 0 aliphatic heterocycles. The summed E-state index contributed by atoms with van der Waals surface area (Å²) in [5.74, 6) is 1.76. The molecule has 0 aliphatic carbocycles. The van der Waals surface area contributed by atoms with E-state index in [-0.39, 0.29) is 18.5 Å². The van der Waals surface area contributed by atoms with Gasteiger partial charge in [-0.25, -0.2) is 9.97 Å². The number of aromatic nitrogens is 2. The van der Waals surface area contributed by atoms with Crippen LogP contribution in [0.5, 0.6) is 5.75 Å². The Morgan fingerprint density at radius 3 is 2.62 bits per heavy atom. The van der Waals surface area contributed by atoms with Crippen LogP contribution in [0.3, 0.4) is 0 Å². The van der Waals surface area contributed by atoms with E-state index >= 15 is 0 Å². The molecule has 21 heavy (non-hydrogen) atoms. The van der Waals surface area contributed by atoms with Crippen LogP contribution in [0.2, 0.25) is 0 Å². The normalized spacial score (nSPS) is 10.4. The highest BCUT2D eigenvalue weighted by atomic mass is 16.5. The molecular weight excluding hydrogens is 270 g/mol. The van der Waals surface area contributed by atoms with Crippen molar-refractivity contribution < 1.29 is 9.53 Å². The van der Waals surface area contributed by atoms with E-state index in [1.54, 1.807) is 7.11 Å². The van der Waals surface area contributed by atoms with Crippen LogP contribution in [0.15, 0.2) is 6.33 Å². The molecule has 0 unspecified atom stereocenters. The van der Waals surface area contributed by atoms with Crippen LogP contribution in [0.25, 0.3) is 0 Å². The van der Waals surface area contributed by atoms with Crippen molar-refractivity contribution in [2.24, 2.45) is 0 Å². The van der Waals surface area contributed by atoms with Crippen LogP contribution in [0.4, 0.5) is 11.6 Å². The van der Waals surface area contributed by atoms with Gasteiger partial charge in [-0.1, -0.05) is 0 Å². The number of ether oxygens (including phenoxy) is 1. The van der Waals surface area contributed by atoms with Crippen LogP contribution in [-0.4, -0.2) is 48.7 Å². The van der Waals surface area contributed by atoms with E-state index in [9.17, 15) is 4.79 Å². The standard InChI is InChI=1S/C14H25N5O2/c1-6-15-13-12(21-5)14(17-9-16-13)19(7-2)8-11(20)18-10(3)4/h9-10H,6-8H2,1-5H3,(H,18,20)(H,15,16,17). The van der Waals surface area contributed by atoms with Crippen LogP contribution >= 0.6 is 0 Å². The molecule has 0 radical (unpaired) electrons. The van der Waals surface area contributed by atoms with Crippen LogP contribution < -0.4 is 20.3 Å². The molecule has 7 nitrogen and oxygen atoms in total. The Hall–Kier alpha value is -2.05. The number of amides is 1. The number of carbonyl (C=O) groups is 1. The summed E-state index contributed by atoms with van der Waals surface area (Å²) in [6.07, 6.45) is 1.47. The van der Waals surface area contributed by atoms with Crippen molar-refractivity contribution in [1.29, 1.82) is 0 Å². The fourth-order valence-electron chi connectivity index (χ4n) is 1.95. The molecule has 118 valence electrons. The Bertz CT molecular complexity index is 465. The first kappa shape index (κ1) is 17.0. The first-order valence-electron chi connectivity index (χ1n) is 7.20. The zero-order valence-electron chi connectivity index (χ0n) is 13.4. The molecule has 1 heterocycles. The number of nitrogens with zero attached hydrogens (tertiary/aromatic N) is 3. The number of likely N-dealkylation sites (N-methyl/N-ethyl adjacent to an activating group) is 1. The number of hydrogen-bond acceptors (Lipinski definition) is 6. The lowest BCUT2D eigenvalue weighted by Gasteiger charge is -2.24. The zero-order valence-corrected chi connectivity index (χ0v) is 13.4. The highest BCUT2D eigenvalue weighted by Crippen LogP contribution is 2.31. The first-order valence-corrected chi connectivity index (χ1v) is 7.20. The van der Waals surface area contributed by atoms with Crippen molar-refractivity contribution in [3.63, 3.8) is 0 Å². The van der Waals surface area contributed by atoms with Gasteiger partial charge in [0.2, 0.25) is 11.7 Å². The zero-order chi connectivity index (χ0) is 15.8. The van der Waals surface area contributed by atoms with E-state index < -0.39 is 0 Å². The Balaban J connectivity index is 2.99. The summed E-state index contributed by atoms with van der Waals surface area (Å²) in [5, 5.41) is 6.00. The molecule has 0 saturated heterocycles. The number of anilines is 2. The topological polar surface area (TPSA) is 79.4 Å². The highest BCUT2D eigenvalue weighted by molar-refractivity contribution is 5.82. The summed E-state index contributed by atoms with van der Waals surface area (Å²) < 4.78 is 5.41.